The molecule has 1 saturated heterocycles. The van der Waals surface area contributed by atoms with Crippen molar-refractivity contribution in [1.82, 2.24) is 0 Å². The van der Waals surface area contributed by atoms with Gasteiger partial charge in [-0.2, -0.15) is 0 Å². The molecule has 1 heterocycles. The first-order valence-corrected chi connectivity index (χ1v) is 8.78. The average molecular weight is 278 g/mol. The summed E-state index contributed by atoms with van der Waals surface area (Å²) in [5.74, 6) is 3.74. The number of rotatable bonds is 0. The van der Waals surface area contributed by atoms with E-state index >= 15 is 0 Å². The van der Waals surface area contributed by atoms with Gasteiger partial charge in [0.05, 0.1) is 4.08 Å². The van der Waals surface area contributed by atoms with Crippen molar-refractivity contribution < 1.29 is 4.79 Å². The highest BCUT2D eigenvalue weighted by Crippen LogP contribution is 2.63. The maximum atomic E-state index is 12.5. The number of fused-ring (bicyclic) bond motifs is 1. The summed E-state index contributed by atoms with van der Waals surface area (Å²) in [6, 6.07) is 0. The van der Waals surface area contributed by atoms with Crippen LogP contribution in [0.5, 0.6) is 0 Å². The Balaban J connectivity index is 1.76. The van der Waals surface area contributed by atoms with Crippen LogP contribution in [0, 0.1) is 17.3 Å². The minimum Gasteiger partial charge on any atom is -0.299 e. The summed E-state index contributed by atoms with van der Waals surface area (Å²) in [5.41, 5.74) is 1.49. The van der Waals surface area contributed by atoms with Crippen LogP contribution in [0.25, 0.3) is 0 Å². The number of ketones is 1. The van der Waals surface area contributed by atoms with Gasteiger partial charge in [-0.3, -0.25) is 4.79 Å². The van der Waals surface area contributed by atoms with Crippen molar-refractivity contribution in [2.75, 3.05) is 11.5 Å². The Kier molecular flexibility index (Phi) is 2.39. The normalized spacial score (nSPS) is 44.7. The maximum Gasteiger partial charge on any atom is 0.137 e. The van der Waals surface area contributed by atoms with Crippen molar-refractivity contribution >= 4 is 29.3 Å². The summed E-state index contributed by atoms with van der Waals surface area (Å²) in [6.45, 7) is 4.21. The topological polar surface area (TPSA) is 17.1 Å². The molecule has 0 N–H and O–H groups in total. The number of hydrogen-bond acceptors (Lipinski definition) is 3. The third-order valence-electron chi connectivity index (χ3n) is 5.22. The zero-order valence-electron chi connectivity index (χ0n) is 10.5. The van der Waals surface area contributed by atoms with Crippen LogP contribution in [-0.2, 0) is 4.79 Å². The molecule has 0 radical (unpaired) electrons. The number of hydrogen-bond donors (Lipinski definition) is 0. The van der Waals surface area contributed by atoms with Crippen molar-refractivity contribution in [2.24, 2.45) is 17.3 Å². The molecule has 0 aromatic rings. The van der Waals surface area contributed by atoms with Gasteiger partial charge in [-0.25, -0.2) is 0 Å². The SMILES string of the molecule is C=C1C[C@@]23C=CC4(C[C@@H]2C(=O)C[C@@H]1C3)SCCS4. The second-order valence-electron chi connectivity index (χ2n) is 6.24. The van der Waals surface area contributed by atoms with Gasteiger partial charge in [-0.15, -0.1) is 23.5 Å². The van der Waals surface area contributed by atoms with Gasteiger partial charge < -0.3 is 0 Å². The molecule has 2 saturated carbocycles. The quantitative estimate of drug-likeness (QED) is 0.629. The van der Waals surface area contributed by atoms with Gasteiger partial charge in [0.15, 0.2) is 0 Å². The van der Waals surface area contributed by atoms with Crippen molar-refractivity contribution in [3.63, 3.8) is 0 Å². The van der Waals surface area contributed by atoms with Crippen LogP contribution in [0.1, 0.15) is 25.7 Å². The first kappa shape index (κ1) is 11.7. The number of carbonyl (C=O) groups excluding carboxylic acids is 1. The largest absolute Gasteiger partial charge is 0.299 e. The smallest absolute Gasteiger partial charge is 0.137 e. The molecule has 0 aromatic carbocycles. The minimum atomic E-state index is 0.159. The van der Waals surface area contributed by atoms with Crippen molar-refractivity contribution in [3.05, 3.63) is 24.3 Å². The Bertz CT molecular complexity index is 461. The monoisotopic (exact) mass is 278 g/mol. The van der Waals surface area contributed by atoms with Crippen LogP contribution in [0.3, 0.4) is 0 Å². The van der Waals surface area contributed by atoms with E-state index in [9.17, 15) is 4.79 Å². The first-order valence-electron chi connectivity index (χ1n) is 6.81. The van der Waals surface area contributed by atoms with Gasteiger partial charge in [0.25, 0.3) is 0 Å². The summed E-state index contributed by atoms with van der Waals surface area (Å²) in [7, 11) is 0. The molecule has 18 heavy (non-hydrogen) atoms. The lowest BCUT2D eigenvalue weighted by Crippen LogP contribution is -2.43. The predicted octanol–water partition coefficient (Wildman–Crippen LogP) is 3.66. The minimum absolute atomic E-state index is 0.159. The third kappa shape index (κ3) is 1.46. The highest BCUT2D eigenvalue weighted by Gasteiger charge is 2.57. The van der Waals surface area contributed by atoms with Crippen LogP contribution < -0.4 is 0 Å². The molecule has 0 unspecified atom stereocenters. The standard InChI is InChI=1S/C15H18OS2/c1-10-7-14-2-3-15(17-4-5-18-15)9-12(14)13(16)6-11(10)8-14/h2-3,11-12H,1,4-9H2/t11-,12-,14-/m1/s1. The van der Waals surface area contributed by atoms with Gasteiger partial charge in [-0.1, -0.05) is 24.3 Å². The van der Waals surface area contributed by atoms with Crippen molar-refractivity contribution in [3.8, 4) is 0 Å². The van der Waals surface area contributed by atoms with Gasteiger partial charge >= 0.3 is 0 Å². The molecule has 1 nitrogen and oxygen atoms in total. The van der Waals surface area contributed by atoms with Crippen LogP contribution in [-0.4, -0.2) is 21.4 Å². The van der Waals surface area contributed by atoms with Crippen LogP contribution >= 0.6 is 23.5 Å². The molecule has 2 bridgehead atoms. The average Bonchev–Trinajstić information content (AvgIpc) is 2.88. The van der Waals surface area contributed by atoms with Gasteiger partial charge in [0.1, 0.15) is 5.78 Å². The fourth-order valence-corrected chi connectivity index (χ4v) is 7.41. The van der Waals surface area contributed by atoms with E-state index < -0.39 is 0 Å². The van der Waals surface area contributed by atoms with Crippen molar-refractivity contribution in [2.45, 2.75) is 29.8 Å². The Hall–Kier alpha value is -0.150. The summed E-state index contributed by atoms with van der Waals surface area (Å²) >= 11 is 4.10. The molecular formula is C15H18OS2. The molecule has 4 rings (SSSR count). The van der Waals surface area contributed by atoms with Gasteiger partial charge in [0, 0.05) is 29.3 Å². The molecule has 3 atom stereocenters. The molecule has 0 amide bonds. The summed E-state index contributed by atoms with van der Waals surface area (Å²) < 4.78 is 0.225. The van der Waals surface area contributed by atoms with E-state index in [1.807, 2.05) is 23.5 Å². The van der Waals surface area contributed by atoms with E-state index in [4.69, 9.17) is 0 Å². The molecule has 1 aliphatic heterocycles. The first-order chi connectivity index (χ1) is 8.63. The number of carbonyl (C=O) groups is 1. The molecule has 2 spiro atoms. The van der Waals surface area contributed by atoms with Crippen LogP contribution in [0.2, 0.25) is 0 Å². The molecule has 3 aliphatic carbocycles. The summed E-state index contributed by atoms with van der Waals surface area (Å²) in [5, 5.41) is 0. The van der Waals surface area contributed by atoms with Gasteiger partial charge in [0.2, 0.25) is 0 Å². The van der Waals surface area contributed by atoms with Crippen LogP contribution in [0.4, 0.5) is 0 Å². The predicted molar refractivity (Wildman–Crippen MR) is 78.8 cm³/mol. The molecular weight excluding hydrogens is 260 g/mol. The lowest BCUT2D eigenvalue weighted by atomic mass is 9.63. The van der Waals surface area contributed by atoms with Crippen molar-refractivity contribution in [1.29, 1.82) is 0 Å². The molecule has 3 fully saturated rings. The Morgan fingerprint density at radius 3 is 2.78 bits per heavy atom. The fraction of sp³-hybridized carbons (Fsp3) is 0.667. The van der Waals surface area contributed by atoms with E-state index in [0.717, 1.165) is 19.3 Å². The Morgan fingerprint density at radius 2 is 2.00 bits per heavy atom. The van der Waals surface area contributed by atoms with E-state index in [2.05, 4.69) is 18.7 Å². The third-order valence-corrected chi connectivity index (χ3v) is 8.59. The Morgan fingerprint density at radius 1 is 1.22 bits per heavy atom. The van der Waals surface area contributed by atoms with E-state index in [1.54, 1.807) is 0 Å². The second-order valence-corrected chi connectivity index (χ2v) is 9.35. The number of Topliss-reactive ketones (excluding diaryl/α,β-unsaturated/α-hetero) is 1. The summed E-state index contributed by atoms with van der Waals surface area (Å²) in [6.07, 6.45) is 8.93. The highest BCUT2D eigenvalue weighted by molar-refractivity contribution is 8.21. The molecule has 3 heteroatoms. The lowest BCUT2D eigenvalue weighted by molar-refractivity contribution is -0.129. The molecule has 96 valence electrons. The molecule has 0 aromatic heterocycles. The zero-order valence-corrected chi connectivity index (χ0v) is 12.1. The molecule has 4 aliphatic rings. The zero-order chi connectivity index (χ0) is 12.4. The highest BCUT2D eigenvalue weighted by atomic mass is 32.2. The number of allylic oxidation sites excluding steroid dienone is 2. The van der Waals surface area contributed by atoms with Crippen LogP contribution in [0.15, 0.2) is 24.3 Å². The maximum absolute atomic E-state index is 12.5. The lowest BCUT2D eigenvalue weighted by Gasteiger charge is -2.45. The van der Waals surface area contributed by atoms with E-state index in [1.165, 1.54) is 23.5 Å². The van der Waals surface area contributed by atoms with E-state index in [-0.39, 0.29) is 15.4 Å². The Labute approximate surface area is 117 Å². The summed E-state index contributed by atoms with van der Waals surface area (Å²) in [4.78, 5) is 12.5. The fourth-order valence-electron chi connectivity index (χ4n) is 4.32. The second kappa shape index (κ2) is 3.69. The number of thioether (sulfide) groups is 2. The van der Waals surface area contributed by atoms with E-state index in [0.29, 0.717) is 11.7 Å². The van der Waals surface area contributed by atoms with Gasteiger partial charge in [-0.05, 0) is 25.2 Å².